The van der Waals surface area contributed by atoms with E-state index in [-0.39, 0.29) is 12.3 Å². The summed E-state index contributed by atoms with van der Waals surface area (Å²) in [6.45, 7) is 3.85. The lowest BCUT2D eigenvalue weighted by atomic mass is 10.1. The van der Waals surface area contributed by atoms with Crippen LogP contribution in [0.5, 0.6) is 0 Å². The van der Waals surface area contributed by atoms with Gasteiger partial charge in [0, 0.05) is 22.6 Å². The molecule has 0 aliphatic heterocycles. The maximum atomic E-state index is 12.5. The van der Waals surface area contributed by atoms with Crippen molar-refractivity contribution in [1.82, 2.24) is 9.78 Å². The Morgan fingerprint density at radius 1 is 1.00 bits per heavy atom. The summed E-state index contributed by atoms with van der Waals surface area (Å²) in [4.78, 5) is 23.5. The predicted molar refractivity (Wildman–Crippen MR) is 105 cm³/mol. The normalized spacial score (nSPS) is 10.4. The number of primary amides is 1. The number of amides is 3. The van der Waals surface area contributed by atoms with Gasteiger partial charge in [0.2, 0.25) is 5.91 Å². The van der Waals surface area contributed by atoms with Crippen LogP contribution in [0.2, 0.25) is 0 Å². The van der Waals surface area contributed by atoms with Crippen molar-refractivity contribution in [3.8, 4) is 5.69 Å². The summed E-state index contributed by atoms with van der Waals surface area (Å²) in [7, 11) is 0. The highest BCUT2D eigenvalue weighted by Crippen LogP contribution is 2.20. The fourth-order valence-electron chi connectivity index (χ4n) is 2.93. The summed E-state index contributed by atoms with van der Waals surface area (Å²) in [6, 6.07) is 16.0. The highest BCUT2D eigenvalue weighted by atomic mass is 16.2. The first-order valence-electron chi connectivity index (χ1n) is 8.51. The van der Waals surface area contributed by atoms with Crippen molar-refractivity contribution in [2.24, 2.45) is 5.73 Å². The van der Waals surface area contributed by atoms with E-state index in [0.717, 1.165) is 22.6 Å². The molecule has 0 aliphatic carbocycles. The van der Waals surface area contributed by atoms with Crippen LogP contribution in [0, 0.1) is 13.8 Å². The molecular formula is C20H21N5O2. The molecule has 0 aliphatic rings. The molecule has 1 aromatic heterocycles. The Kier molecular flexibility index (Phi) is 5.21. The molecule has 0 bridgehead atoms. The molecule has 4 N–H and O–H groups in total. The highest BCUT2D eigenvalue weighted by molar-refractivity contribution is 5.94. The van der Waals surface area contributed by atoms with E-state index in [4.69, 9.17) is 5.73 Å². The van der Waals surface area contributed by atoms with Gasteiger partial charge in [0.15, 0.2) is 0 Å². The molecule has 0 fully saturated rings. The third-order valence-corrected chi connectivity index (χ3v) is 4.19. The molecule has 7 heteroatoms. The van der Waals surface area contributed by atoms with Gasteiger partial charge in [0.05, 0.1) is 17.8 Å². The number of benzene rings is 2. The summed E-state index contributed by atoms with van der Waals surface area (Å²) in [6.07, 6.45) is 0.206. The second kappa shape index (κ2) is 7.74. The molecule has 0 atom stereocenters. The van der Waals surface area contributed by atoms with Gasteiger partial charge in [-0.25, -0.2) is 9.48 Å². The van der Waals surface area contributed by atoms with Gasteiger partial charge in [-0.05, 0) is 44.2 Å². The molecule has 1 heterocycles. The van der Waals surface area contributed by atoms with Crippen LogP contribution in [0.3, 0.4) is 0 Å². The first-order chi connectivity index (χ1) is 12.9. The van der Waals surface area contributed by atoms with Crippen LogP contribution in [0.1, 0.15) is 17.0 Å². The molecule has 3 aromatic rings. The lowest BCUT2D eigenvalue weighted by molar-refractivity contribution is -0.115. The third kappa shape index (κ3) is 4.33. The molecule has 2 aromatic carbocycles. The molecule has 0 unspecified atom stereocenters. The number of aromatic nitrogens is 2. The maximum absolute atomic E-state index is 12.5. The molecule has 3 rings (SSSR count). The lowest BCUT2D eigenvalue weighted by Crippen LogP contribution is -2.19. The van der Waals surface area contributed by atoms with Crippen LogP contribution >= 0.6 is 0 Å². The van der Waals surface area contributed by atoms with E-state index >= 15 is 0 Å². The predicted octanol–water partition coefficient (Wildman–Crippen LogP) is 3.16. The standard InChI is InChI=1S/C20H21N5O2/c1-13-18(14(2)25(24-13)17-9-4-3-5-10-17)12-19(26)22-15-7-6-8-16(11-15)23-20(21)27/h3-11H,12H2,1-2H3,(H,22,26)(H3,21,23,27). The van der Waals surface area contributed by atoms with Gasteiger partial charge in [-0.1, -0.05) is 24.3 Å². The van der Waals surface area contributed by atoms with Gasteiger partial charge in [0.25, 0.3) is 0 Å². The van der Waals surface area contributed by atoms with Crippen LogP contribution < -0.4 is 16.4 Å². The van der Waals surface area contributed by atoms with Crippen molar-refractivity contribution in [1.29, 1.82) is 0 Å². The Labute approximate surface area is 157 Å². The van der Waals surface area contributed by atoms with E-state index in [2.05, 4.69) is 15.7 Å². The highest BCUT2D eigenvalue weighted by Gasteiger charge is 2.16. The quantitative estimate of drug-likeness (QED) is 0.649. The number of nitrogens with two attached hydrogens (primary N) is 1. The first kappa shape index (κ1) is 18.2. The summed E-state index contributed by atoms with van der Waals surface area (Å²) < 4.78 is 1.84. The van der Waals surface area contributed by atoms with Crippen molar-refractivity contribution in [2.75, 3.05) is 10.6 Å². The summed E-state index contributed by atoms with van der Waals surface area (Å²) in [5.41, 5.74) is 9.80. The third-order valence-electron chi connectivity index (χ3n) is 4.19. The Hall–Kier alpha value is -3.61. The van der Waals surface area contributed by atoms with Gasteiger partial charge in [-0.15, -0.1) is 0 Å². The molecule has 27 heavy (non-hydrogen) atoms. The van der Waals surface area contributed by atoms with Crippen LogP contribution in [-0.2, 0) is 11.2 Å². The van der Waals surface area contributed by atoms with E-state index in [1.54, 1.807) is 24.3 Å². The average molecular weight is 363 g/mol. The number of carbonyl (C=O) groups is 2. The van der Waals surface area contributed by atoms with E-state index in [0.29, 0.717) is 11.4 Å². The first-order valence-corrected chi connectivity index (χ1v) is 8.51. The number of rotatable bonds is 5. The van der Waals surface area contributed by atoms with Gasteiger partial charge >= 0.3 is 6.03 Å². The van der Waals surface area contributed by atoms with Crippen LogP contribution in [0.15, 0.2) is 54.6 Å². The fraction of sp³-hybridized carbons (Fsp3) is 0.150. The largest absolute Gasteiger partial charge is 0.351 e. The topological polar surface area (TPSA) is 102 Å². The molecule has 0 radical (unpaired) electrons. The number of carbonyl (C=O) groups excluding carboxylic acids is 2. The number of anilines is 2. The maximum Gasteiger partial charge on any atom is 0.316 e. The minimum absolute atomic E-state index is 0.162. The minimum atomic E-state index is -0.655. The molecular weight excluding hydrogens is 342 g/mol. The number of aryl methyl sites for hydroxylation is 1. The monoisotopic (exact) mass is 363 g/mol. The Morgan fingerprint density at radius 3 is 2.33 bits per heavy atom. The van der Waals surface area contributed by atoms with Gasteiger partial charge < -0.3 is 16.4 Å². The zero-order valence-electron chi connectivity index (χ0n) is 15.2. The smallest absolute Gasteiger partial charge is 0.316 e. The number of hydrogen-bond acceptors (Lipinski definition) is 3. The fourth-order valence-corrected chi connectivity index (χ4v) is 2.93. The summed E-state index contributed by atoms with van der Waals surface area (Å²) in [5.74, 6) is -0.162. The second-order valence-electron chi connectivity index (χ2n) is 6.19. The van der Waals surface area contributed by atoms with Crippen molar-refractivity contribution in [3.05, 3.63) is 71.5 Å². The molecule has 7 nitrogen and oxygen atoms in total. The average Bonchev–Trinajstić information content (AvgIpc) is 2.90. The molecule has 3 amide bonds. The van der Waals surface area contributed by atoms with Crippen LogP contribution in [-0.4, -0.2) is 21.7 Å². The van der Waals surface area contributed by atoms with Crippen molar-refractivity contribution < 1.29 is 9.59 Å². The van der Waals surface area contributed by atoms with Gasteiger partial charge in [-0.2, -0.15) is 5.10 Å². The van der Waals surface area contributed by atoms with E-state index < -0.39 is 6.03 Å². The zero-order chi connectivity index (χ0) is 19.4. The number of nitrogens with zero attached hydrogens (tertiary/aromatic N) is 2. The van der Waals surface area contributed by atoms with Crippen molar-refractivity contribution in [3.63, 3.8) is 0 Å². The van der Waals surface area contributed by atoms with E-state index in [1.807, 2.05) is 48.9 Å². The van der Waals surface area contributed by atoms with Gasteiger partial charge in [-0.3, -0.25) is 4.79 Å². The molecule has 138 valence electrons. The van der Waals surface area contributed by atoms with E-state index in [9.17, 15) is 9.59 Å². The van der Waals surface area contributed by atoms with Crippen LogP contribution in [0.4, 0.5) is 16.2 Å². The Balaban J connectivity index is 1.75. The lowest BCUT2D eigenvalue weighted by Gasteiger charge is -2.08. The van der Waals surface area contributed by atoms with Gasteiger partial charge in [0.1, 0.15) is 0 Å². The molecule has 0 saturated carbocycles. The van der Waals surface area contributed by atoms with Crippen LogP contribution in [0.25, 0.3) is 5.69 Å². The summed E-state index contributed by atoms with van der Waals surface area (Å²) >= 11 is 0. The number of urea groups is 1. The van der Waals surface area contributed by atoms with Crippen molar-refractivity contribution in [2.45, 2.75) is 20.3 Å². The number of hydrogen-bond donors (Lipinski definition) is 3. The minimum Gasteiger partial charge on any atom is -0.351 e. The Morgan fingerprint density at radius 2 is 1.67 bits per heavy atom. The SMILES string of the molecule is Cc1nn(-c2ccccc2)c(C)c1CC(=O)Nc1cccc(NC(N)=O)c1. The number of para-hydroxylation sites is 1. The van der Waals surface area contributed by atoms with E-state index in [1.165, 1.54) is 0 Å². The second-order valence-corrected chi connectivity index (χ2v) is 6.19. The molecule has 0 saturated heterocycles. The Bertz CT molecular complexity index is 979. The zero-order valence-corrected chi connectivity index (χ0v) is 15.2. The molecule has 0 spiro atoms. The van der Waals surface area contributed by atoms with Crippen molar-refractivity contribution >= 4 is 23.3 Å². The number of nitrogens with one attached hydrogen (secondary N) is 2. The summed E-state index contributed by atoms with van der Waals surface area (Å²) in [5, 5.41) is 9.88.